The molecule has 5 heteroatoms. The third-order valence-electron chi connectivity index (χ3n) is 2.08. The van der Waals surface area contributed by atoms with Crippen LogP contribution >= 0.6 is 11.6 Å². The number of benzene rings is 1. The average molecular weight is 238 g/mol. The van der Waals surface area contributed by atoms with Crippen LogP contribution in [0, 0.1) is 0 Å². The van der Waals surface area contributed by atoms with Crippen molar-refractivity contribution in [1.82, 2.24) is 5.16 Å². The highest BCUT2D eigenvalue weighted by Crippen LogP contribution is 2.30. The van der Waals surface area contributed by atoms with Gasteiger partial charge >= 0.3 is 0 Å². The fourth-order valence-electron chi connectivity index (χ4n) is 1.34. The van der Waals surface area contributed by atoms with E-state index in [2.05, 4.69) is 5.16 Å². The lowest BCUT2D eigenvalue weighted by Gasteiger charge is -2.03. The van der Waals surface area contributed by atoms with Crippen LogP contribution in [0.5, 0.6) is 5.75 Å². The smallest absolute Gasteiger partial charge is 0.274 e. The maximum Gasteiger partial charge on any atom is 0.274 e. The summed E-state index contributed by atoms with van der Waals surface area (Å²) < 4.78 is 10.2. The first kappa shape index (κ1) is 10.7. The van der Waals surface area contributed by atoms with Gasteiger partial charge in [-0.25, -0.2) is 0 Å². The Balaban J connectivity index is 2.46. The van der Waals surface area contributed by atoms with Gasteiger partial charge in [0.05, 0.1) is 12.7 Å². The minimum atomic E-state index is -0.648. The largest absolute Gasteiger partial charge is 0.496 e. The lowest BCUT2D eigenvalue weighted by Crippen LogP contribution is -1.87. The van der Waals surface area contributed by atoms with E-state index < -0.39 is 5.24 Å². The molecular weight excluding hydrogens is 230 g/mol. The Hall–Kier alpha value is -1.81. The Morgan fingerprint density at radius 2 is 2.19 bits per heavy atom. The number of halogens is 1. The van der Waals surface area contributed by atoms with Crippen LogP contribution in [0.15, 0.2) is 34.9 Å². The van der Waals surface area contributed by atoms with Gasteiger partial charge in [-0.3, -0.25) is 4.79 Å². The minimum Gasteiger partial charge on any atom is -0.496 e. The number of nitrogens with zero attached hydrogens (tertiary/aromatic N) is 1. The molecule has 0 unspecified atom stereocenters. The van der Waals surface area contributed by atoms with Gasteiger partial charge in [-0.2, -0.15) is 0 Å². The lowest BCUT2D eigenvalue weighted by atomic mass is 10.1. The van der Waals surface area contributed by atoms with E-state index >= 15 is 0 Å². The number of hydrogen-bond donors (Lipinski definition) is 0. The molecule has 0 N–H and O–H groups in total. The summed E-state index contributed by atoms with van der Waals surface area (Å²) in [7, 11) is 1.56. The summed E-state index contributed by atoms with van der Waals surface area (Å²) in [6.07, 6.45) is 0. The van der Waals surface area contributed by atoms with Gasteiger partial charge in [-0.05, 0) is 23.7 Å². The molecule has 4 nitrogen and oxygen atoms in total. The molecule has 0 saturated heterocycles. The third-order valence-corrected chi connectivity index (χ3v) is 2.28. The molecule has 1 heterocycles. The third kappa shape index (κ3) is 1.92. The molecule has 0 spiro atoms. The molecule has 0 fully saturated rings. The van der Waals surface area contributed by atoms with E-state index in [-0.39, 0.29) is 5.69 Å². The van der Waals surface area contributed by atoms with Crippen LogP contribution < -0.4 is 4.74 Å². The van der Waals surface area contributed by atoms with Crippen molar-refractivity contribution in [3.63, 3.8) is 0 Å². The summed E-state index contributed by atoms with van der Waals surface area (Å²) in [5, 5.41) is 2.91. The number of carbonyl (C=O) groups is 1. The summed E-state index contributed by atoms with van der Waals surface area (Å²) in [6.45, 7) is 0. The number of para-hydroxylation sites is 1. The van der Waals surface area contributed by atoms with Crippen LogP contribution in [-0.4, -0.2) is 17.5 Å². The summed E-state index contributed by atoms with van der Waals surface area (Å²) in [6, 6.07) is 8.75. The second-order valence-electron chi connectivity index (χ2n) is 3.05. The van der Waals surface area contributed by atoms with Crippen LogP contribution in [0.2, 0.25) is 0 Å². The fraction of sp³-hybridized carbons (Fsp3) is 0.0909. The van der Waals surface area contributed by atoms with Gasteiger partial charge in [-0.1, -0.05) is 17.3 Å². The minimum absolute atomic E-state index is 0.0857. The molecule has 0 atom stereocenters. The van der Waals surface area contributed by atoms with Crippen LogP contribution in [0.3, 0.4) is 0 Å². The quantitative estimate of drug-likeness (QED) is 0.771. The number of hydrogen-bond acceptors (Lipinski definition) is 4. The van der Waals surface area contributed by atoms with Crippen molar-refractivity contribution in [2.24, 2.45) is 0 Å². The van der Waals surface area contributed by atoms with E-state index in [1.807, 2.05) is 18.2 Å². The summed E-state index contributed by atoms with van der Waals surface area (Å²) in [4.78, 5) is 10.9. The summed E-state index contributed by atoms with van der Waals surface area (Å²) >= 11 is 5.28. The summed E-state index contributed by atoms with van der Waals surface area (Å²) in [5.41, 5.74) is 0.809. The van der Waals surface area contributed by atoms with Crippen LogP contribution in [-0.2, 0) is 0 Å². The average Bonchev–Trinajstić information content (AvgIpc) is 2.78. The number of aromatic nitrogens is 1. The maximum atomic E-state index is 10.9. The van der Waals surface area contributed by atoms with Crippen LogP contribution in [0.1, 0.15) is 10.5 Å². The molecule has 1 aromatic heterocycles. The van der Waals surface area contributed by atoms with Crippen molar-refractivity contribution in [2.45, 2.75) is 0 Å². The summed E-state index contributed by atoms with van der Waals surface area (Å²) in [5.74, 6) is 1.09. The second-order valence-corrected chi connectivity index (χ2v) is 3.39. The first-order valence-electron chi connectivity index (χ1n) is 4.52. The molecule has 0 bridgehead atoms. The second kappa shape index (κ2) is 4.37. The lowest BCUT2D eigenvalue weighted by molar-refractivity contribution is 0.107. The Bertz CT molecular complexity index is 521. The van der Waals surface area contributed by atoms with E-state index in [0.29, 0.717) is 11.5 Å². The van der Waals surface area contributed by atoms with Crippen molar-refractivity contribution in [3.8, 4) is 17.1 Å². The molecule has 1 aromatic carbocycles. The molecule has 82 valence electrons. The Morgan fingerprint density at radius 1 is 1.44 bits per heavy atom. The predicted octanol–water partition coefficient (Wildman–Crippen LogP) is 2.73. The van der Waals surface area contributed by atoms with E-state index in [1.165, 1.54) is 6.07 Å². The van der Waals surface area contributed by atoms with Crippen molar-refractivity contribution in [3.05, 3.63) is 36.0 Å². The Labute approximate surface area is 96.8 Å². The molecule has 0 amide bonds. The predicted molar refractivity (Wildman–Crippen MR) is 58.7 cm³/mol. The fourth-order valence-corrected chi connectivity index (χ4v) is 1.43. The maximum absolute atomic E-state index is 10.9. The van der Waals surface area contributed by atoms with Gasteiger partial charge < -0.3 is 9.26 Å². The molecular formula is C11H8ClNO3. The van der Waals surface area contributed by atoms with Gasteiger partial charge in [0, 0.05) is 6.07 Å². The monoisotopic (exact) mass is 237 g/mol. The van der Waals surface area contributed by atoms with Gasteiger partial charge in [0.1, 0.15) is 5.75 Å². The van der Waals surface area contributed by atoms with Crippen molar-refractivity contribution in [1.29, 1.82) is 0 Å². The Morgan fingerprint density at radius 3 is 2.81 bits per heavy atom. The highest BCUT2D eigenvalue weighted by Gasteiger charge is 2.14. The highest BCUT2D eigenvalue weighted by atomic mass is 35.5. The van der Waals surface area contributed by atoms with Crippen molar-refractivity contribution in [2.75, 3.05) is 7.11 Å². The van der Waals surface area contributed by atoms with Crippen molar-refractivity contribution < 1.29 is 14.1 Å². The van der Waals surface area contributed by atoms with Gasteiger partial charge in [0.15, 0.2) is 11.5 Å². The number of rotatable bonds is 3. The number of methoxy groups -OCH3 is 1. The molecule has 2 rings (SSSR count). The molecule has 0 aliphatic carbocycles. The van der Waals surface area contributed by atoms with E-state index in [0.717, 1.165) is 5.56 Å². The molecule has 2 aromatic rings. The molecule has 0 radical (unpaired) electrons. The van der Waals surface area contributed by atoms with Crippen molar-refractivity contribution >= 4 is 16.8 Å². The normalized spacial score (nSPS) is 10.1. The number of carbonyl (C=O) groups excluding carboxylic acids is 1. The zero-order valence-corrected chi connectivity index (χ0v) is 9.19. The Kier molecular flexibility index (Phi) is 2.92. The highest BCUT2D eigenvalue weighted by molar-refractivity contribution is 6.67. The topological polar surface area (TPSA) is 52.3 Å². The van der Waals surface area contributed by atoms with E-state index in [9.17, 15) is 4.79 Å². The van der Waals surface area contributed by atoms with Gasteiger partial charge in [-0.15, -0.1) is 0 Å². The zero-order chi connectivity index (χ0) is 11.5. The molecule has 0 saturated carbocycles. The molecule has 16 heavy (non-hydrogen) atoms. The first-order valence-corrected chi connectivity index (χ1v) is 4.90. The zero-order valence-electron chi connectivity index (χ0n) is 8.44. The van der Waals surface area contributed by atoms with E-state index in [1.54, 1.807) is 13.2 Å². The van der Waals surface area contributed by atoms with E-state index in [4.69, 9.17) is 20.9 Å². The molecule has 0 aliphatic heterocycles. The van der Waals surface area contributed by atoms with Crippen LogP contribution in [0.4, 0.5) is 0 Å². The SMILES string of the molecule is COc1ccccc1-c1cc(C(=O)Cl)no1. The number of ether oxygens (including phenoxy) is 1. The van der Waals surface area contributed by atoms with Crippen LogP contribution in [0.25, 0.3) is 11.3 Å². The first-order chi connectivity index (χ1) is 7.72. The molecule has 0 aliphatic rings. The standard InChI is InChI=1S/C11H8ClNO3/c1-15-9-5-3-2-4-7(9)10-6-8(11(12)14)13-16-10/h2-6H,1H3. The van der Waals surface area contributed by atoms with Gasteiger partial charge in [0.25, 0.3) is 5.24 Å². The van der Waals surface area contributed by atoms with Gasteiger partial charge in [0.2, 0.25) is 0 Å².